The molecule has 40 heavy (non-hydrogen) atoms. The molecule has 1 saturated heterocycles. The van der Waals surface area contributed by atoms with Crippen LogP contribution in [0.4, 0.5) is 15.9 Å². The molecule has 1 aliphatic carbocycles. The number of benzene rings is 1. The van der Waals surface area contributed by atoms with Gasteiger partial charge in [0.2, 0.25) is 0 Å². The SMILES string of the molecule is CC1COc2c(-c3cnc(N4CCC(N(C)C)CC4)c(NSC4CC4)c3)c(F)cc3ncc4c(c23)n1c(=O)n4C. The standard InChI is InChI=1S/C29H34FN7O2S/c1-16-15-39-27-24(20(30)12-21-25(27)26-23(14-31-21)35(4)29(38)37(16)26)17-11-22(33-40-19-5-6-19)28(32-13-17)36-9-7-18(8-10-36)34(2)3/h11-14,16,18-19,33H,5-10,15H2,1-4H3. The lowest BCUT2D eigenvalue weighted by molar-refractivity contribution is 0.249. The van der Waals surface area contributed by atoms with Gasteiger partial charge in [-0.05, 0) is 64.7 Å². The van der Waals surface area contributed by atoms with Crippen LogP contribution in [0.25, 0.3) is 33.1 Å². The summed E-state index contributed by atoms with van der Waals surface area (Å²) in [4.78, 5) is 27.2. The molecule has 9 nitrogen and oxygen atoms in total. The Morgan fingerprint density at radius 3 is 2.62 bits per heavy atom. The van der Waals surface area contributed by atoms with Crippen molar-refractivity contribution in [1.82, 2.24) is 24.0 Å². The van der Waals surface area contributed by atoms with Crippen molar-refractivity contribution in [3.63, 3.8) is 0 Å². The normalized spacial score (nSPS) is 19.6. The van der Waals surface area contributed by atoms with Gasteiger partial charge in [-0.3, -0.25) is 14.1 Å². The zero-order valence-electron chi connectivity index (χ0n) is 23.3. The third-order valence-corrected chi connectivity index (χ3v) is 9.67. The molecule has 3 aromatic heterocycles. The number of halogens is 1. The zero-order valence-corrected chi connectivity index (χ0v) is 24.1. The smallest absolute Gasteiger partial charge is 0.329 e. The third-order valence-electron chi connectivity index (χ3n) is 8.53. The fourth-order valence-electron chi connectivity index (χ4n) is 6.06. The summed E-state index contributed by atoms with van der Waals surface area (Å²) in [6.07, 6.45) is 7.94. The Hall–Kier alpha value is -3.31. The number of ether oxygens (including phenoxy) is 1. The van der Waals surface area contributed by atoms with E-state index in [0.29, 0.717) is 44.6 Å². The molecule has 1 saturated carbocycles. The number of rotatable bonds is 6. The second-order valence-electron chi connectivity index (χ2n) is 11.5. The van der Waals surface area contributed by atoms with Gasteiger partial charge in [-0.25, -0.2) is 14.2 Å². The Balaban J connectivity index is 1.37. The van der Waals surface area contributed by atoms with Gasteiger partial charge in [0.05, 0.1) is 45.4 Å². The van der Waals surface area contributed by atoms with Crippen molar-refractivity contribution in [2.75, 3.05) is 43.4 Å². The van der Waals surface area contributed by atoms with E-state index >= 15 is 4.39 Å². The molecule has 1 unspecified atom stereocenters. The van der Waals surface area contributed by atoms with Crippen molar-refractivity contribution in [2.45, 2.75) is 49.9 Å². The highest BCUT2D eigenvalue weighted by Crippen LogP contribution is 2.45. The molecule has 2 fully saturated rings. The molecule has 0 spiro atoms. The Bertz CT molecular complexity index is 1690. The number of pyridine rings is 2. The van der Waals surface area contributed by atoms with E-state index in [-0.39, 0.29) is 18.3 Å². The van der Waals surface area contributed by atoms with E-state index in [1.54, 1.807) is 40.5 Å². The molecule has 1 atom stereocenters. The van der Waals surface area contributed by atoms with Gasteiger partial charge in [0.1, 0.15) is 18.2 Å². The van der Waals surface area contributed by atoms with Crippen LogP contribution in [0.5, 0.6) is 5.75 Å². The van der Waals surface area contributed by atoms with E-state index in [0.717, 1.165) is 43.0 Å². The van der Waals surface area contributed by atoms with E-state index in [2.05, 4.69) is 33.6 Å². The van der Waals surface area contributed by atoms with Gasteiger partial charge in [0.15, 0.2) is 5.82 Å². The minimum atomic E-state index is -0.420. The van der Waals surface area contributed by atoms with Crippen LogP contribution in [-0.2, 0) is 7.05 Å². The van der Waals surface area contributed by atoms with E-state index in [9.17, 15) is 4.79 Å². The molecule has 11 heteroatoms. The van der Waals surface area contributed by atoms with Crippen LogP contribution in [-0.4, -0.2) is 69.1 Å². The van der Waals surface area contributed by atoms with Crippen LogP contribution in [0.3, 0.4) is 0 Å². The first kappa shape index (κ1) is 25.6. The average Bonchev–Trinajstić information content (AvgIpc) is 3.76. The summed E-state index contributed by atoms with van der Waals surface area (Å²) in [6, 6.07) is 3.79. The van der Waals surface area contributed by atoms with Gasteiger partial charge in [-0.1, -0.05) is 0 Å². The Labute approximate surface area is 236 Å². The molecule has 5 heterocycles. The number of imidazole rings is 1. The maximum absolute atomic E-state index is 16.0. The summed E-state index contributed by atoms with van der Waals surface area (Å²) in [5.41, 5.74) is 3.64. The lowest BCUT2D eigenvalue weighted by Crippen LogP contribution is -2.42. The fourth-order valence-corrected chi connectivity index (χ4v) is 6.88. The molecule has 1 aromatic carbocycles. The Morgan fingerprint density at radius 2 is 1.90 bits per heavy atom. The van der Waals surface area contributed by atoms with Crippen molar-refractivity contribution in [2.24, 2.45) is 7.05 Å². The zero-order chi connectivity index (χ0) is 27.7. The molecule has 210 valence electrons. The molecular formula is C29H34FN7O2S. The molecule has 0 radical (unpaired) electrons. The number of hydrogen-bond acceptors (Lipinski definition) is 8. The predicted octanol–water partition coefficient (Wildman–Crippen LogP) is 4.80. The molecule has 3 aliphatic rings. The predicted molar refractivity (Wildman–Crippen MR) is 159 cm³/mol. The molecule has 0 bridgehead atoms. The van der Waals surface area contributed by atoms with Crippen molar-refractivity contribution >= 4 is 45.4 Å². The first-order valence-electron chi connectivity index (χ1n) is 14.0. The van der Waals surface area contributed by atoms with E-state index in [1.165, 1.54) is 18.9 Å². The maximum atomic E-state index is 16.0. The molecule has 7 rings (SSSR count). The number of anilines is 2. The summed E-state index contributed by atoms with van der Waals surface area (Å²) in [7, 11) is 6.02. The van der Waals surface area contributed by atoms with Crippen LogP contribution >= 0.6 is 11.9 Å². The van der Waals surface area contributed by atoms with Crippen molar-refractivity contribution in [3.05, 3.63) is 40.8 Å². The van der Waals surface area contributed by atoms with E-state index in [1.807, 2.05) is 13.0 Å². The molecule has 4 aromatic rings. The van der Waals surface area contributed by atoms with Gasteiger partial charge < -0.3 is 19.3 Å². The second-order valence-corrected chi connectivity index (χ2v) is 12.6. The molecule has 2 aliphatic heterocycles. The third kappa shape index (κ3) is 4.13. The molecule has 0 amide bonds. The van der Waals surface area contributed by atoms with Crippen molar-refractivity contribution < 1.29 is 9.13 Å². The highest BCUT2D eigenvalue weighted by molar-refractivity contribution is 8.01. The molecule has 1 N–H and O–H groups in total. The van der Waals surface area contributed by atoms with Gasteiger partial charge in [0.25, 0.3) is 0 Å². The monoisotopic (exact) mass is 563 g/mol. The number of aryl methyl sites for hydroxylation is 1. The van der Waals surface area contributed by atoms with Crippen LogP contribution in [0, 0.1) is 5.82 Å². The largest absolute Gasteiger partial charge is 0.490 e. The number of aromatic nitrogens is 4. The first-order chi connectivity index (χ1) is 19.3. The minimum absolute atomic E-state index is 0.133. The van der Waals surface area contributed by atoms with E-state index in [4.69, 9.17) is 9.72 Å². The first-order valence-corrected chi connectivity index (χ1v) is 14.9. The highest BCUT2D eigenvalue weighted by atomic mass is 32.2. The second kappa shape index (κ2) is 9.66. The van der Waals surface area contributed by atoms with Crippen LogP contribution in [0.2, 0.25) is 0 Å². The summed E-state index contributed by atoms with van der Waals surface area (Å²) in [6.45, 7) is 4.03. The maximum Gasteiger partial charge on any atom is 0.329 e. The van der Waals surface area contributed by atoms with Gasteiger partial charge in [0, 0.05) is 49.3 Å². The van der Waals surface area contributed by atoms with Gasteiger partial charge >= 0.3 is 5.69 Å². The lowest BCUT2D eigenvalue weighted by atomic mass is 10.0. The summed E-state index contributed by atoms with van der Waals surface area (Å²) in [5.74, 6) is 0.895. The van der Waals surface area contributed by atoms with Crippen molar-refractivity contribution in [1.29, 1.82) is 0 Å². The van der Waals surface area contributed by atoms with Crippen LogP contribution in [0.15, 0.2) is 29.3 Å². The van der Waals surface area contributed by atoms with E-state index < -0.39 is 5.82 Å². The minimum Gasteiger partial charge on any atom is -0.490 e. The summed E-state index contributed by atoms with van der Waals surface area (Å²) >= 11 is 1.72. The topological polar surface area (TPSA) is 80.5 Å². The number of hydrogen-bond donors (Lipinski definition) is 1. The summed E-state index contributed by atoms with van der Waals surface area (Å²) in [5, 5.41) is 1.25. The average molecular weight is 564 g/mol. The van der Waals surface area contributed by atoms with Crippen LogP contribution in [0.1, 0.15) is 38.6 Å². The Morgan fingerprint density at radius 1 is 1.12 bits per heavy atom. The number of nitrogens with zero attached hydrogens (tertiary/aromatic N) is 6. The quantitative estimate of drug-likeness (QED) is 0.336. The summed E-state index contributed by atoms with van der Waals surface area (Å²) < 4.78 is 29.2. The highest BCUT2D eigenvalue weighted by Gasteiger charge is 2.30. The Kier molecular flexibility index (Phi) is 6.19. The number of nitrogens with one attached hydrogen (secondary N) is 1. The van der Waals surface area contributed by atoms with Crippen LogP contribution < -0.4 is 20.0 Å². The van der Waals surface area contributed by atoms with Crippen molar-refractivity contribution in [3.8, 4) is 16.9 Å². The lowest BCUT2D eigenvalue weighted by Gasteiger charge is -2.36. The molecular weight excluding hydrogens is 529 g/mol. The fraction of sp³-hybridized carbons (Fsp3) is 0.483. The number of piperidine rings is 1. The van der Waals surface area contributed by atoms with Gasteiger partial charge in [-0.2, -0.15) is 0 Å². The van der Waals surface area contributed by atoms with Gasteiger partial charge in [-0.15, -0.1) is 0 Å².